The monoisotopic (exact) mass is 241 g/mol. The summed E-state index contributed by atoms with van der Waals surface area (Å²) in [5.74, 6) is 0.0269. The molecule has 98 valence electrons. The van der Waals surface area contributed by atoms with Crippen molar-refractivity contribution in [2.45, 2.75) is 51.9 Å². The van der Waals surface area contributed by atoms with Crippen LogP contribution in [0, 0.1) is 11.8 Å². The van der Waals surface area contributed by atoms with Crippen molar-refractivity contribution in [2.24, 2.45) is 11.8 Å². The summed E-state index contributed by atoms with van der Waals surface area (Å²) in [5.41, 5.74) is 0. The van der Waals surface area contributed by atoms with E-state index in [1.807, 2.05) is 6.92 Å². The zero-order chi connectivity index (χ0) is 12.7. The molecule has 4 heteroatoms. The molecule has 0 radical (unpaired) electrons. The first-order valence-electron chi connectivity index (χ1n) is 6.59. The molecule has 1 rings (SSSR count). The number of carboxylic acids is 1. The topological polar surface area (TPSA) is 66.4 Å². The van der Waals surface area contributed by atoms with Crippen molar-refractivity contribution in [3.63, 3.8) is 0 Å². The standard InChI is InChI=1S/C13H23NO3/c1-10(6-7-12(15)16)8-9-14-13(17)11-4-2-3-5-11/h10-11H,2-9H2,1H3,(H,14,17)(H,15,16). The predicted molar refractivity (Wildman–Crippen MR) is 65.6 cm³/mol. The zero-order valence-corrected chi connectivity index (χ0v) is 10.6. The second-order valence-corrected chi connectivity index (χ2v) is 5.10. The van der Waals surface area contributed by atoms with E-state index in [-0.39, 0.29) is 18.2 Å². The quantitative estimate of drug-likeness (QED) is 0.718. The molecule has 0 bridgehead atoms. The van der Waals surface area contributed by atoms with E-state index in [1.54, 1.807) is 0 Å². The van der Waals surface area contributed by atoms with Crippen LogP contribution in [0.4, 0.5) is 0 Å². The van der Waals surface area contributed by atoms with Crippen LogP contribution in [-0.4, -0.2) is 23.5 Å². The minimum absolute atomic E-state index is 0.188. The fourth-order valence-electron chi connectivity index (χ4n) is 2.29. The van der Waals surface area contributed by atoms with Crippen LogP contribution in [0.1, 0.15) is 51.9 Å². The molecule has 1 fully saturated rings. The summed E-state index contributed by atoms with van der Waals surface area (Å²) in [6, 6.07) is 0. The SMILES string of the molecule is CC(CCNC(=O)C1CCCC1)CCC(=O)O. The summed E-state index contributed by atoms with van der Waals surface area (Å²) >= 11 is 0. The summed E-state index contributed by atoms with van der Waals surface area (Å²) in [4.78, 5) is 22.1. The van der Waals surface area contributed by atoms with Crippen LogP contribution in [0.5, 0.6) is 0 Å². The van der Waals surface area contributed by atoms with Gasteiger partial charge in [0.1, 0.15) is 0 Å². The number of hydrogen-bond donors (Lipinski definition) is 2. The average Bonchev–Trinajstić information content (AvgIpc) is 2.79. The summed E-state index contributed by atoms with van der Waals surface area (Å²) in [7, 11) is 0. The molecule has 1 atom stereocenters. The van der Waals surface area contributed by atoms with Gasteiger partial charge in [0.2, 0.25) is 5.91 Å². The van der Waals surface area contributed by atoms with Gasteiger partial charge in [0.15, 0.2) is 0 Å². The molecule has 1 unspecified atom stereocenters. The zero-order valence-electron chi connectivity index (χ0n) is 10.6. The van der Waals surface area contributed by atoms with Gasteiger partial charge < -0.3 is 10.4 Å². The second kappa shape index (κ2) is 7.30. The minimum atomic E-state index is -0.744. The summed E-state index contributed by atoms with van der Waals surface area (Å²) < 4.78 is 0. The van der Waals surface area contributed by atoms with Crippen LogP contribution < -0.4 is 5.32 Å². The summed E-state index contributed by atoms with van der Waals surface area (Å²) in [5, 5.41) is 11.5. The van der Waals surface area contributed by atoms with E-state index in [2.05, 4.69) is 5.32 Å². The molecular formula is C13H23NO3. The maximum absolute atomic E-state index is 11.7. The molecule has 1 aliphatic rings. The van der Waals surface area contributed by atoms with Gasteiger partial charge in [-0.2, -0.15) is 0 Å². The number of carbonyl (C=O) groups excluding carboxylic acids is 1. The second-order valence-electron chi connectivity index (χ2n) is 5.10. The lowest BCUT2D eigenvalue weighted by atomic mass is 10.0. The van der Waals surface area contributed by atoms with Gasteiger partial charge in [0, 0.05) is 18.9 Å². The Bertz CT molecular complexity index is 259. The number of nitrogens with one attached hydrogen (secondary N) is 1. The normalized spacial score (nSPS) is 17.9. The van der Waals surface area contributed by atoms with Crippen LogP contribution in [0.15, 0.2) is 0 Å². The first-order chi connectivity index (χ1) is 8.09. The average molecular weight is 241 g/mol. The highest BCUT2D eigenvalue weighted by molar-refractivity contribution is 5.78. The van der Waals surface area contributed by atoms with Crippen molar-refractivity contribution in [2.75, 3.05) is 6.54 Å². The molecule has 1 saturated carbocycles. The first kappa shape index (κ1) is 14.0. The molecule has 0 aliphatic heterocycles. The van der Waals surface area contributed by atoms with Crippen LogP contribution in [0.25, 0.3) is 0 Å². The van der Waals surface area contributed by atoms with Crippen LogP contribution in [0.3, 0.4) is 0 Å². The third-order valence-corrected chi connectivity index (χ3v) is 3.51. The van der Waals surface area contributed by atoms with Gasteiger partial charge in [-0.1, -0.05) is 19.8 Å². The van der Waals surface area contributed by atoms with Gasteiger partial charge in [-0.05, 0) is 31.6 Å². The van der Waals surface area contributed by atoms with E-state index in [0.717, 1.165) is 19.3 Å². The number of rotatable bonds is 7. The Balaban J connectivity index is 2.06. The molecule has 17 heavy (non-hydrogen) atoms. The van der Waals surface area contributed by atoms with Gasteiger partial charge >= 0.3 is 5.97 Å². The van der Waals surface area contributed by atoms with E-state index in [9.17, 15) is 9.59 Å². The Morgan fingerprint density at radius 1 is 1.29 bits per heavy atom. The van der Waals surface area contributed by atoms with Crippen molar-refractivity contribution in [3.8, 4) is 0 Å². The molecule has 0 aromatic carbocycles. The van der Waals surface area contributed by atoms with E-state index < -0.39 is 5.97 Å². The van der Waals surface area contributed by atoms with Crippen molar-refractivity contribution in [1.82, 2.24) is 5.32 Å². The molecule has 0 heterocycles. The van der Waals surface area contributed by atoms with Gasteiger partial charge in [0.25, 0.3) is 0 Å². The van der Waals surface area contributed by atoms with Crippen molar-refractivity contribution in [3.05, 3.63) is 0 Å². The van der Waals surface area contributed by atoms with E-state index >= 15 is 0 Å². The Hall–Kier alpha value is -1.06. The van der Waals surface area contributed by atoms with Crippen molar-refractivity contribution in [1.29, 1.82) is 0 Å². The highest BCUT2D eigenvalue weighted by Gasteiger charge is 2.22. The van der Waals surface area contributed by atoms with Crippen molar-refractivity contribution >= 4 is 11.9 Å². The summed E-state index contributed by atoms with van der Waals surface area (Å²) in [6.07, 6.45) is 6.18. The molecule has 1 aliphatic carbocycles. The van der Waals surface area contributed by atoms with Crippen LogP contribution in [0.2, 0.25) is 0 Å². The van der Waals surface area contributed by atoms with Gasteiger partial charge in [0.05, 0.1) is 0 Å². The van der Waals surface area contributed by atoms with E-state index in [1.165, 1.54) is 12.8 Å². The van der Waals surface area contributed by atoms with Crippen molar-refractivity contribution < 1.29 is 14.7 Å². The number of hydrogen-bond acceptors (Lipinski definition) is 2. The first-order valence-corrected chi connectivity index (χ1v) is 6.59. The maximum atomic E-state index is 11.7. The third kappa shape index (κ3) is 5.71. The smallest absolute Gasteiger partial charge is 0.303 e. The van der Waals surface area contributed by atoms with Crippen LogP contribution in [-0.2, 0) is 9.59 Å². The predicted octanol–water partition coefficient (Wildman–Crippen LogP) is 2.18. The Morgan fingerprint density at radius 3 is 2.53 bits per heavy atom. The number of carboxylic acid groups (broad SMARTS) is 1. The van der Waals surface area contributed by atoms with Crippen LogP contribution >= 0.6 is 0 Å². The fraction of sp³-hybridized carbons (Fsp3) is 0.846. The maximum Gasteiger partial charge on any atom is 0.303 e. The Morgan fingerprint density at radius 2 is 1.94 bits per heavy atom. The van der Waals surface area contributed by atoms with E-state index in [0.29, 0.717) is 18.9 Å². The summed E-state index contributed by atoms with van der Waals surface area (Å²) in [6.45, 7) is 2.71. The largest absolute Gasteiger partial charge is 0.481 e. The fourth-order valence-corrected chi connectivity index (χ4v) is 2.29. The molecule has 0 aromatic rings. The minimum Gasteiger partial charge on any atom is -0.481 e. The Labute approximate surface area is 103 Å². The molecule has 2 N–H and O–H groups in total. The lowest BCUT2D eigenvalue weighted by Crippen LogP contribution is -2.30. The highest BCUT2D eigenvalue weighted by atomic mass is 16.4. The number of amides is 1. The van der Waals surface area contributed by atoms with Gasteiger partial charge in [-0.15, -0.1) is 0 Å². The highest BCUT2D eigenvalue weighted by Crippen LogP contribution is 2.24. The molecule has 0 saturated heterocycles. The molecule has 1 amide bonds. The lowest BCUT2D eigenvalue weighted by Gasteiger charge is -2.13. The lowest BCUT2D eigenvalue weighted by molar-refractivity contribution is -0.137. The van der Waals surface area contributed by atoms with E-state index in [4.69, 9.17) is 5.11 Å². The van der Waals surface area contributed by atoms with Gasteiger partial charge in [-0.25, -0.2) is 0 Å². The molecule has 4 nitrogen and oxygen atoms in total. The van der Waals surface area contributed by atoms with Gasteiger partial charge in [-0.3, -0.25) is 9.59 Å². The Kier molecular flexibility index (Phi) is 6.01. The third-order valence-electron chi connectivity index (χ3n) is 3.51. The molecule has 0 spiro atoms. The molecule has 0 aromatic heterocycles. The number of carbonyl (C=O) groups is 2. The molecular weight excluding hydrogens is 218 g/mol. The number of aliphatic carboxylic acids is 1.